The van der Waals surface area contributed by atoms with E-state index in [1.54, 1.807) is 12.1 Å². The number of carbonyl (C=O) groups is 1. The van der Waals surface area contributed by atoms with Crippen molar-refractivity contribution >= 4 is 23.5 Å². The summed E-state index contributed by atoms with van der Waals surface area (Å²) >= 11 is 1.46. The third-order valence-corrected chi connectivity index (χ3v) is 5.84. The minimum absolute atomic E-state index is 0.180. The molecule has 3 rings (SSSR count). The Kier molecular flexibility index (Phi) is 7.47. The fraction of sp³-hybridized carbons (Fsp3) is 0.500. The number of carbonyl (C=O) groups excluding carboxylic acids is 1. The first-order chi connectivity index (χ1) is 14.1. The van der Waals surface area contributed by atoms with Gasteiger partial charge in [0.25, 0.3) is 0 Å². The van der Waals surface area contributed by atoms with Gasteiger partial charge in [0.1, 0.15) is 11.6 Å². The van der Waals surface area contributed by atoms with Gasteiger partial charge < -0.3 is 9.64 Å². The van der Waals surface area contributed by atoms with Gasteiger partial charge in [0, 0.05) is 30.6 Å². The number of benzene rings is 1. The first-order valence-corrected chi connectivity index (χ1v) is 11.3. The summed E-state index contributed by atoms with van der Waals surface area (Å²) in [6.45, 7) is 3.73. The van der Waals surface area contributed by atoms with Crippen molar-refractivity contribution in [3.63, 3.8) is 0 Å². The van der Waals surface area contributed by atoms with Crippen LogP contribution in [0.15, 0.2) is 29.4 Å². The lowest BCUT2D eigenvalue weighted by Crippen LogP contribution is -2.36. The lowest BCUT2D eigenvalue weighted by Gasteiger charge is -2.34. The molecular formula is C22H28FN3O2S. The minimum Gasteiger partial charge on any atom is -0.469 e. The van der Waals surface area contributed by atoms with Crippen molar-refractivity contribution in [3.05, 3.63) is 35.6 Å². The second kappa shape index (κ2) is 10.1. The summed E-state index contributed by atoms with van der Waals surface area (Å²) in [7, 11) is 1.43. The molecule has 0 N–H and O–H groups in total. The van der Waals surface area contributed by atoms with Crippen LogP contribution in [0.1, 0.15) is 38.2 Å². The molecule has 1 unspecified atom stereocenters. The number of methoxy groups -OCH3 is 1. The third-order valence-electron chi connectivity index (χ3n) is 5.29. The Morgan fingerprint density at radius 2 is 2.14 bits per heavy atom. The van der Waals surface area contributed by atoms with Crippen LogP contribution in [0.4, 0.5) is 10.2 Å². The van der Waals surface area contributed by atoms with Gasteiger partial charge in [0.2, 0.25) is 0 Å². The zero-order valence-electron chi connectivity index (χ0n) is 17.3. The molecule has 1 aliphatic heterocycles. The second-order valence-electron chi connectivity index (χ2n) is 7.33. The highest BCUT2D eigenvalue weighted by Crippen LogP contribution is 2.36. The van der Waals surface area contributed by atoms with Crippen molar-refractivity contribution in [2.75, 3.05) is 31.4 Å². The topological polar surface area (TPSA) is 55.3 Å². The van der Waals surface area contributed by atoms with E-state index in [1.807, 2.05) is 12.3 Å². The third kappa shape index (κ3) is 5.07. The zero-order valence-corrected chi connectivity index (χ0v) is 18.1. The van der Waals surface area contributed by atoms with Gasteiger partial charge in [-0.15, -0.1) is 0 Å². The monoisotopic (exact) mass is 417 g/mol. The number of fused-ring (bicyclic) bond motifs is 1. The average Bonchev–Trinajstić information content (AvgIpc) is 2.73. The van der Waals surface area contributed by atoms with Gasteiger partial charge in [-0.25, -0.2) is 14.4 Å². The van der Waals surface area contributed by atoms with Crippen LogP contribution < -0.4 is 4.90 Å². The van der Waals surface area contributed by atoms with Crippen LogP contribution in [0.5, 0.6) is 0 Å². The van der Waals surface area contributed by atoms with Crippen LogP contribution >= 0.6 is 11.8 Å². The molecule has 5 nitrogen and oxygen atoms in total. The molecule has 1 aromatic carbocycles. The predicted octanol–water partition coefficient (Wildman–Crippen LogP) is 4.74. The molecule has 7 heteroatoms. The number of anilines is 1. The van der Waals surface area contributed by atoms with Crippen LogP contribution in [0, 0.1) is 11.7 Å². The molecule has 0 bridgehead atoms. The Morgan fingerprint density at radius 3 is 2.83 bits per heavy atom. The van der Waals surface area contributed by atoms with E-state index in [9.17, 15) is 9.18 Å². The maximum absolute atomic E-state index is 14.5. The number of esters is 1. The van der Waals surface area contributed by atoms with Crippen LogP contribution in [0.25, 0.3) is 11.3 Å². The van der Waals surface area contributed by atoms with Crippen LogP contribution in [-0.2, 0) is 16.0 Å². The van der Waals surface area contributed by atoms with Gasteiger partial charge in [0.05, 0.1) is 12.8 Å². The smallest absolute Gasteiger partial charge is 0.305 e. The molecule has 0 spiro atoms. The summed E-state index contributed by atoms with van der Waals surface area (Å²) in [5, 5.41) is 0.633. The molecule has 0 saturated carbocycles. The van der Waals surface area contributed by atoms with Crippen LogP contribution in [0.3, 0.4) is 0 Å². The molecule has 2 aromatic rings. The lowest BCUT2D eigenvalue weighted by molar-refractivity contribution is -0.141. The molecule has 1 aromatic heterocycles. The van der Waals surface area contributed by atoms with E-state index in [-0.39, 0.29) is 17.7 Å². The van der Waals surface area contributed by atoms with E-state index >= 15 is 0 Å². The summed E-state index contributed by atoms with van der Waals surface area (Å²) in [5.74, 6) is 0.621. The summed E-state index contributed by atoms with van der Waals surface area (Å²) in [5.41, 5.74) is 2.19. The summed E-state index contributed by atoms with van der Waals surface area (Å²) in [4.78, 5) is 23.5. The van der Waals surface area contributed by atoms with Gasteiger partial charge in [-0.05, 0) is 43.6 Å². The van der Waals surface area contributed by atoms with E-state index in [2.05, 4.69) is 16.8 Å². The number of hydrogen-bond donors (Lipinski definition) is 0. The molecule has 0 fully saturated rings. The normalized spacial score (nSPS) is 14.4. The van der Waals surface area contributed by atoms with Crippen molar-refractivity contribution in [2.24, 2.45) is 5.92 Å². The van der Waals surface area contributed by atoms with Gasteiger partial charge >= 0.3 is 5.97 Å². The van der Waals surface area contributed by atoms with Gasteiger partial charge in [0.15, 0.2) is 5.16 Å². The largest absolute Gasteiger partial charge is 0.469 e. The molecule has 1 atom stereocenters. The fourth-order valence-corrected chi connectivity index (χ4v) is 4.30. The number of ether oxygens (including phenoxy) is 1. The Labute approximate surface area is 176 Å². The van der Waals surface area contributed by atoms with E-state index in [4.69, 9.17) is 9.72 Å². The van der Waals surface area contributed by atoms with Crippen molar-refractivity contribution < 1.29 is 13.9 Å². The predicted molar refractivity (Wildman–Crippen MR) is 115 cm³/mol. The Hall–Kier alpha value is -2.15. The number of rotatable bonds is 8. The molecule has 2 heterocycles. The Balaban J connectivity index is 1.99. The van der Waals surface area contributed by atoms with E-state index in [0.717, 1.165) is 50.2 Å². The Morgan fingerprint density at radius 1 is 1.34 bits per heavy atom. The summed E-state index contributed by atoms with van der Waals surface area (Å²) < 4.78 is 19.4. The average molecular weight is 418 g/mol. The molecule has 1 aliphatic rings. The number of aromatic nitrogens is 2. The highest BCUT2D eigenvalue weighted by Gasteiger charge is 2.27. The number of nitrogens with zero attached hydrogens (tertiary/aromatic N) is 3. The summed E-state index contributed by atoms with van der Waals surface area (Å²) in [6.07, 6.45) is 6.05. The molecule has 0 radical (unpaired) electrons. The van der Waals surface area contributed by atoms with Crippen molar-refractivity contribution in [2.45, 2.75) is 44.2 Å². The van der Waals surface area contributed by atoms with E-state index in [0.29, 0.717) is 22.8 Å². The van der Waals surface area contributed by atoms with Crippen LogP contribution in [0.2, 0.25) is 0 Å². The van der Waals surface area contributed by atoms with Crippen molar-refractivity contribution in [3.8, 4) is 11.3 Å². The first-order valence-electron chi connectivity index (χ1n) is 10.1. The fourth-order valence-electron chi connectivity index (χ4n) is 3.94. The molecule has 0 saturated heterocycles. The van der Waals surface area contributed by atoms with Crippen LogP contribution in [-0.4, -0.2) is 42.4 Å². The minimum atomic E-state index is -0.271. The maximum atomic E-state index is 14.5. The van der Waals surface area contributed by atoms with Gasteiger partial charge in [-0.3, -0.25) is 4.79 Å². The number of halogens is 1. The molecule has 156 valence electrons. The maximum Gasteiger partial charge on any atom is 0.305 e. The number of hydrogen-bond acceptors (Lipinski definition) is 6. The molecule has 0 amide bonds. The van der Waals surface area contributed by atoms with Gasteiger partial charge in [-0.1, -0.05) is 37.2 Å². The lowest BCUT2D eigenvalue weighted by atomic mass is 9.95. The number of thioether (sulfide) groups is 1. The highest BCUT2D eigenvalue weighted by atomic mass is 32.2. The quantitative estimate of drug-likeness (QED) is 0.351. The van der Waals surface area contributed by atoms with Crippen molar-refractivity contribution in [1.29, 1.82) is 0 Å². The van der Waals surface area contributed by atoms with E-state index < -0.39 is 0 Å². The SMILES string of the molecule is CCCC(CC(=O)OC)CN1CCCc2c(-c3ccccc3F)nc(SC)nc21. The standard InChI is InChI=1S/C22H28FN3O2S/c1-4-8-15(13-19(27)28-2)14-26-12-7-10-17-20(16-9-5-6-11-18(16)23)24-22(29-3)25-21(17)26/h5-6,9,11,15H,4,7-8,10,12-14H2,1-3H3. The van der Waals surface area contributed by atoms with Crippen molar-refractivity contribution in [1.82, 2.24) is 9.97 Å². The molecular weight excluding hydrogens is 389 g/mol. The Bertz CT molecular complexity index is 862. The molecule has 29 heavy (non-hydrogen) atoms. The summed E-state index contributed by atoms with van der Waals surface area (Å²) in [6, 6.07) is 6.77. The zero-order chi connectivity index (χ0) is 20.8. The van der Waals surface area contributed by atoms with Gasteiger partial charge in [-0.2, -0.15) is 0 Å². The second-order valence-corrected chi connectivity index (χ2v) is 8.10. The van der Waals surface area contributed by atoms with E-state index in [1.165, 1.54) is 24.9 Å². The first kappa shape index (κ1) is 21.6. The highest BCUT2D eigenvalue weighted by molar-refractivity contribution is 7.98. The molecule has 0 aliphatic carbocycles.